The number of alkyl halides is 3. The van der Waals surface area contributed by atoms with E-state index in [9.17, 15) is 18.0 Å². The van der Waals surface area contributed by atoms with Crippen molar-refractivity contribution in [1.82, 2.24) is 14.8 Å². The number of halogens is 3. The molecule has 4 N–H and O–H groups in total. The highest BCUT2D eigenvalue weighted by atomic mass is 19.4. The third-order valence-corrected chi connectivity index (χ3v) is 5.79. The van der Waals surface area contributed by atoms with Crippen molar-refractivity contribution in [1.29, 1.82) is 5.41 Å². The van der Waals surface area contributed by atoms with Crippen LogP contribution in [-0.4, -0.2) is 101 Å². The molecule has 0 aromatic carbocycles. The molecule has 36 heavy (non-hydrogen) atoms. The molecule has 0 saturated carbocycles. The number of hydrogen-bond acceptors (Lipinski definition) is 8. The van der Waals surface area contributed by atoms with E-state index >= 15 is 0 Å². The summed E-state index contributed by atoms with van der Waals surface area (Å²) in [5.41, 5.74) is 5.74. The molecule has 0 spiro atoms. The van der Waals surface area contributed by atoms with Gasteiger partial charge in [-0.2, -0.15) is 13.2 Å². The zero-order chi connectivity index (χ0) is 27.1. The number of nitrogens with two attached hydrogens (primary N) is 1. The highest BCUT2D eigenvalue weighted by molar-refractivity contribution is 5.94. The third kappa shape index (κ3) is 9.61. The summed E-state index contributed by atoms with van der Waals surface area (Å²) in [4.78, 5) is 32.5. The van der Waals surface area contributed by atoms with E-state index < -0.39 is 17.7 Å². The lowest BCUT2D eigenvalue weighted by Crippen LogP contribution is -2.53. The molecule has 0 aliphatic carbocycles. The Bertz CT molecular complexity index is 889. The molecule has 202 valence electrons. The molecule has 2 aliphatic rings. The highest BCUT2D eigenvalue weighted by Gasteiger charge is 2.38. The minimum absolute atomic E-state index is 0.0480. The Labute approximate surface area is 208 Å². The monoisotopic (exact) mass is 516 g/mol. The number of rotatable bonds is 5. The van der Waals surface area contributed by atoms with Crippen molar-refractivity contribution in [2.45, 2.75) is 51.4 Å². The Morgan fingerprint density at radius 1 is 1.11 bits per heavy atom. The van der Waals surface area contributed by atoms with Gasteiger partial charge in [0.1, 0.15) is 17.3 Å². The first kappa shape index (κ1) is 29.3. The van der Waals surface area contributed by atoms with E-state index in [2.05, 4.69) is 19.7 Å². The van der Waals surface area contributed by atoms with Crippen molar-refractivity contribution in [2.75, 3.05) is 50.7 Å². The fourth-order valence-corrected chi connectivity index (χ4v) is 4.05. The molecule has 0 atom stereocenters. The number of carbonyl (C=O) groups excluding carboxylic acids is 1. The summed E-state index contributed by atoms with van der Waals surface area (Å²) in [6.07, 6.45) is -1.23. The molecule has 0 bridgehead atoms. The third-order valence-electron chi connectivity index (χ3n) is 5.79. The molecule has 13 heteroatoms. The number of aromatic nitrogens is 1. The summed E-state index contributed by atoms with van der Waals surface area (Å²) in [6.45, 7) is 11.9. The van der Waals surface area contributed by atoms with Gasteiger partial charge in [0.05, 0.1) is 6.54 Å². The van der Waals surface area contributed by atoms with Crippen LogP contribution < -0.4 is 10.6 Å². The number of aliphatic carboxylic acids is 1. The van der Waals surface area contributed by atoms with E-state index in [1.807, 2.05) is 32.9 Å². The van der Waals surface area contributed by atoms with Gasteiger partial charge in [0.2, 0.25) is 0 Å². The Morgan fingerprint density at radius 2 is 1.67 bits per heavy atom. The average Bonchev–Trinajstić information content (AvgIpc) is 2.78. The van der Waals surface area contributed by atoms with Gasteiger partial charge in [0.15, 0.2) is 0 Å². The number of piperazine rings is 1. The molecule has 1 aromatic rings. The molecular weight excluding hydrogens is 481 g/mol. The lowest BCUT2D eigenvalue weighted by atomic mass is 10.0. The number of likely N-dealkylation sites (tertiary alicyclic amines) is 1. The Balaban J connectivity index is 0.000000572. The van der Waals surface area contributed by atoms with Crippen LogP contribution in [0.15, 0.2) is 18.3 Å². The number of anilines is 1. The molecule has 0 unspecified atom stereocenters. The first-order valence-corrected chi connectivity index (χ1v) is 11.7. The minimum atomic E-state index is -5.08. The van der Waals surface area contributed by atoms with Crippen LogP contribution in [-0.2, 0) is 14.3 Å². The Morgan fingerprint density at radius 3 is 2.08 bits per heavy atom. The zero-order valence-electron chi connectivity index (χ0n) is 20.8. The first-order chi connectivity index (χ1) is 16.7. The van der Waals surface area contributed by atoms with Crippen molar-refractivity contribution in [3.63, 3.8) is 0 Å². The molecule has 0 amide bonds. The van der Waals surface area contributed by atoms with Gasteiger partial charge in [0.25, 0.3) is 0 Å². The molecule has 2 fully saturated rings. The smallest absolute Gasteiger partial charge is 0.475 e. The molecule has 1 aromatic heterocycles. The molecule has 10 nitrogen and oxygen atoms in total. The number of ether oxygens (including phenoxy) is 1. The van der Waals surface area contributed by atoms with Crippen LogP contribution in [0.25, 0.3) is 0 Å². The van der Waals surface area contributed by atoms with Gasteiger partial charge in [-0.05, 0) is 45.7 Å². The van der Waals surface area contributed by atoms with Gasteiger partial charge in [-0.3, -0.25) is 20.0 Å². The highest BCUT2D eigenvalue weighted by Crippen LogP contribution is 2.21. The second-order valence-electron chi connectivity index (χ2n) is 9.74. The standard InChI is InChI=1S/C21H34N6O2.C2HF3O2/c1-21(2,3)29-19(28)15-25-8-6-17(7-9-25)26-10-12-27(13-11-26)18-5-4-16(14-24-18)20(22)23;3-2(4,5)1(6)7/h4-5,14,17H,6-13,15H2,1-3H3,(H3,22,23);(H,6,7). The summed E-state index contributed by atoms with van der Waals surface area (Å²) < 4.78 is 37.2. The van der Waals surface area contributed by atoms with Crippen LogP contribution >= 0.6 is 0 Å². The predicted octanol–water partition coefficient (Wildman–Crippen LogP) is 1.93. The number of pyridine rings is 1. The van der Waals surface area contributed by atoms with E-state index in [1.165, 1.54) is 0 Å². The second kappa shape index (κ2) is 12.3. The van der Waals surface area contributed by atoms with Crippen LogP contribution in [0.4, 0.5) is 19.0 Å². The SMILES string of the molecule is CC(C)(C)OC(=O)CN1CCC(N2CCN(c3ccc(C(=N)N)cn3)CC2)CC1.O=C(O)C(F)(F)F. The fourth-order valence-electron chi connectivity index (χ4n) is 4.05. The summed E-state index contributed by atoms with van der Waals surface area (Å²) in [6, 6.07) is 4.39. The largest absolute Gasteiger partial charge is 0.490 e. The molecule has 0 radical (unpaired) electrons. The van der Waals surface area contributed by atoms with E-state index in [4.69, 9.17) is 25.8 Å². The summed E-state index contributed by atoms with van der Waals surface area (Å²) in [7, 11) is 0. The fraction of sp³-hybridized carbons (Fsp3) is 0.652. The Hall–Kier alpha value is -2.93. The zero-order valence-corrected chi connectivity index (χ0v) is 20.8. The first-order valence-electron chi connectivity index (χ1n) is 11.7. The van der Waals surface area contributed by atoms with Gasteiger partial charge in [-0.25, -0.2) is 9.78 Å². The van der Waals surface area contributed by atoms with Crippen molar-refractivity contribution >= 4 is 23.6 Å². The van der Waals surface area contributed by atoms with Crippen molar-refractivity contribution < 1.29 is 32.6 Å². The van der Waals surface area contributed by atoms with Gasteiger partial charge in [-0.15, -0.1) is 0 Å². The number of hydrogen-bond donors (Lipinski definition) is 3. The molecule has 2 saturated heterocycles. The molecular formula is C23H35F3N6O4. The minimum Gasteiger partial charge on any atom is -0.475 e. The number of amidine groups is 1. The number of carboxylic acids is 1. The van der Waals surface area contributed by atoms with Crippen molar-refractivity contribution in [3.8, 4) is 0 Å². The molecule has 3 heterocycles. The van der Waals surface area contributed by atoms with E-state index in [1.54, 1.807) is 6.20 Å². The molecule has 3 rings (SSSR count). The average molecular weight is 517 g/mol. The quantitative estimate of drug-likeness (QED) is 0.305. The van der Waals surface area contributed by atoms with E-state index in [0.29, 0.717) is 18.2 Å². The topological polar surface area (TPSA) is 136 Å². The van der Waals surface area contributed by atoms with Crippen LogP contribution in [0.1, 0.15) is 39.2 Å². The number of piperidine rings is 1. The number of nitrogen functional groups attached to an aromatic ring is 1. The summed E-state index contributed by atoms with van der Waals surface area (Å²) >= 11 is 0. The number of esters is 1. The lowest BCUT2D eigenvalue weighted by molar-refractivity contribution is -0.192. The van der Waals surface area contributed by atoms with E-state index in [-0.39, 0.29) is 11.8 Å². The number of nitrogens with zero attached hydrogens (tertiary/aromatic N) is 4. The van der Waals surface area contributed by atoms with Gasteiger partial charge in [-0.1, -0.05) is 0 Å². The number of carboxylic acid groups (broad SMARTS) is 1. The number of nitrogens with one attached hydrogen (secondary N) is 1. The normalized spacial score (nSPS) is 18.2. The maximum atomic E-state index is 12.0. The summed E-state index contributed by atoms with van der Waals surface area (Å²) in [5, 5.41) is 14.6. The van der Waals surface area contributed by atoms with Gasteiger partial charge in [0, 0.05) is 57.1 Å². The maximum absolute atomic E-state index is 12.0. The second-order valence-corrected chi connectivity index (χ2v) is 9.74. The summed E-state index contributed by atoms with van der Waals surface area (Å²) in [5.74, 6) is -1.89. The van der Waals surface area contributed by atoms with Gasteiger partial charge < -0.3 is 20.5 Å². The maximum Gasteiger partial charge on any atom is 0.490 e. The molecule has 2 aliphatic heterocycles. The predicted molar refractivity (Wildman–Crippen MR) is 128 cm³/mol. The van der Waals surface area contributed by atoms with Crippen LogP contribution in [0.3, 0.4) is 0 Å². The van der Waals surface area contributed by atoms with Crippen LogP contribution in [0.5, 0.6) is 0 Å². The Kier molecular flexibility index (Phi) is 10.1. The van der Waals surface area contributed by atoms with Gasteiger partial charge >= 0.3 is 18.1 Å². The number of carbonyl (C=O) groups is 2. The lowest BCUT2D eigenvalue weighted by Gasteiger charge is -2.43. The van der Waals surface area contributed by atoms with Crippen LogP contribution in [0, 0.1) is 5.41 Å². The van der Waals surface area contributed by atoms with E-state index in [0.717, 1.165) is 57.9 Å². The van der Waals surface area contributed by atoms with Crippen molar-refractivity contribution in [2.24, 2.45) is 5.73 Å². The van der Waals surface area contributed by atoms with Crippen LogP contribution in [0.2, 0.25) is 0 Å². The van der Waals surface area contributed by atoms with Crippen molar-refractivity contribution in [3.05, 3.63) is 23.9 Å².